The van der Waals surface area contributed by atoms with E-state index in [0.717, 1.165) is 30.8 Å². The van der Waals surface area contributed by atoms with E-state index in [0.29, 0.717) is 0 Å². The van der Waals surface area contributed by atoms with Crippen molar-refractivity contribution in [2.24, 2.45) is 13.0 Å². The zero-order valence-electron chi connectivity index (χ0n) is 11.5. The van der Waals surface area contributed by atoms with Crippen LogP contribution in [0.25, 0.3) is 0 Å². The molecule has 1 amide bonds. The molecule has 0 spiro atoms. The smallest absolute Gasteiger partial charge is 0.240 e. The molecule has 19 heavy (non-hydrogen) atoms. The molecule has 1 N–H and O–H groups in total. The summed E-state index contributed by atoms with van der Waals surface area (Å²) in [6, 6.07) is 0. The second-order valence-electron chi connectivity index (χ2n) is 5.11. The molecule has 2 atom stereocenters. The molecule has 1 saturated heterocycles. The number of amides is 1. The molecule has 0 radical (unpaired) electrons. The van der Waals surface area contributed by atoms with E-state index in [4.69, 9.17) is 5.11 Å². The first kappa shape index (κ1) is 14.4. The molecule has 1 aromatic rings. The van der Waals surface area contributed by atoms with Crippen LogP contribution in [0.1, 0.15) is 19.8 Å². The number of hydrogen-bond acceptors (Lipinski definition) is 4. The van der Waals surface area contributed by atoms with Crippen LogP contribution in [-0.4, -0.2) is 44.9 Å². The first-order chi connectivity index (χ1) is 9.11. The second kappa shape index (κ2) is 6.43. The number of carbonyl (C=O) groups is 1. The van der Waals surface area contributed by atoms with Gasteiger partial charge in [0.15, 0.2) is 0 Å². The van der Waals surface area contributed by atoms with Crippen LogP contribution in [0.2, 0.25) is 0 Å². The van der Waals surface area contributed by atoms with Crippen LogP contribution in [0.15, 0.2) is 12.4 Å². The lowest BCUT2D eigenvalue weighted by Gasteiger charge is -2.31. The van der Waals surface area contributed by atoms with Crippen molar-refractivity contribution < 1.29 is 9.90 Å². The predicted molar refractivity (Wildman–Crippen MR) is 77.3 cm³/mol. The van der Waals surface area contributed by atoms with Gasteiger partial charge in [-0.2, -0.15) is 5.10 Å². The third-order valence-corrected chi connectivity index (χ3v) is 4.89. The van der Waals surface area contributed by atoms with Crippen LogP contribution in [0.5, 0.6) is 0 Å². The minimum Gasteiger partial charge on any atom is -0.396 e. The van der Waals surface area contributed by atoms with Crippen LogP contribution < -0.4 is 4.90 Å². The Labute approximate surface area is 118 Å². The third-order valence-electron chi connectivity index (χ3n) is 3.29. The summed E-state index contributed by atoms with van der Waals surface area (Å²) in [6.45, 7) is 2.95. The van der Waals surface area contributed by atoms with Crippen molar-refractivity contribution >= 4 is 23.4 Å². The summed E-state index contributed by atoms with van der Waals surface area (Å²) in [5.41, 5.74) is 0.882. The number of hydrogen-bond donors (Lipinski definition) is 1. The number of aliphatic hydroxyl groups excluding tert-OH is 1. The van der Waals surface area contributed by atoms with Crippen molar-refractivity contribution in [3.63, 3.8) is 0 Å². The van der Waals surface area contributed by atoms with Crippen LogP contribution in [0.3, 0.4) is 0 Å². The van der Waals surface area contributed by atoms with Gasteiger partial charge in [-0.3, -0.25) is 9.48 Å². The molecule has 0 aromatic carbocycles. The van der Waals surface area contributed by atoms with Crippen molar-refractivity contribution in [1.29, 1.82) is 0 Å². The summed E-state index contributed by atoms with van der Waals surface area (Å²) < 4.78 is 1.72. The van der Waals surface area contributed by atoms with Gasteiger partial charge in [-0.1, -0.05) is 6.92 Å². The van der Waals surface area contributed by atoms with E-state index in [2.05, 4.69) is 5.10 Å². The van der Waals surface area contributed by atoms with Crippen molar-refractivity contribution in [3.05, 3.63) is 12.4 Å². The number of aryl methyl sites for hydroxylation is 1. The van der Waals surface area contributed by atoms with Crippen molar-refractivity contribution in [3.8, 4) is 0 Å². The maximum absolute atomic E-state index is 12.4. The summed E-state index contributed by atoms with van der Waals surface area (Å²) in [4.78, 5) is 14.3. The number of aromatic nitrogens is 2. The molecular weight excluding hydrogens is 262 g/mol. The van der Waals surface area contributed by atoms with E-state index in [1.54, 1.807) is 22.6 Å². The molecule has 1 aliphatic heterocycles. The molecule has 0 aliphatic carbocycles. The first-order valence-corrected chi connectivity index (χ1v) is 7.69. The molecule has 0 bridgehead atoms. The van der Waals surface area contributed by atoms with E-state index >= 15 is 0 Å². The molecule has 106 valence electrons. The van der Waals surface area contributed by atoms with Crippen molar-refractivity contribution in [1.82, 2.24) is 9.78 Å². The van der Waals surface area contributed by atoms with E-state index in [9.17, 15) is 4.79 Å². The summed E-state index contributed by atoms with van der Waals surface area (Å²) in [5, 5.41) is 13.2. The number of thioether (sulfide) groups is 1. The zero-order chi connectivity index (χ0) is 13.8. The molecule has 1 aromatic heterocycles. The minimum atomic E-state index is 0.0166. The Morgan fingerprint density at radius 3 is 3.05 bits per heavy atom. The molecule has 5 nitrogen and oxygen atoms in total. The fourth-order valence-corrected chi connectivity index (χ4v) is 3.40. The highest BCUT2D eigenvalue weighted by Crippen LogP contribution is 2.28. The maximum atomic E-state index is 12.4. The lowest BCUT2D eigenvalue weighted by atomic mass is 10.1. The van der Waals surface area contributed by atoms with Crippen LogP contribution in [0.4, 0.5) is 5.69 Å². The van der Waals surface area contributed by atoms with Crippen LogP contribution in [-0.2, 0) is 11.8 Å². The van der Waals surface area contributed by atoms with Gasteiger partial charge in [-0.05, 0) is 24.5 Å². The summed E-state index contributed by atoms with van der Waals surface area (Å²) in [5.74, 6) is 1.24. The Balaban J connectivity index is 1.98. The highest BCUT2D eigenvalue weighted by Gasteiger charge is 2.30. The van der Waals surface area contributed by atoms with E-state index in [1.165, 1.54) is 0 Å². The molecule has 1 aliphatic rings. The average Bonchev–Trinajstić information content (AvgIpc) is 2.83. The zero-order valence-corrected chi connectivity index (χ0v) is 12.3. The molecule has 0 saturated carbocycles. The van der Waals surface area contributed by atoms with Gasteiger partial charge in [-0.15, -0.1) is 11.8 Å². The SMILES string of the molecule is CC(CO)CSC1CCCN(c2cnn(C)c2)C1=O. The number of rotatable bonds is 5. The van der Waals surface area contributed by atoms with Gasteiger partial charge < -0.3 is 10.0 Å². The number of piperidine rings is 1. The van der Waals surface area contributed by atoms with Gasteiger partial charge in [0.1, 0.15) is 0 Å². The average molecular weight is 283 g/mol. The Kier molecular flexibility index (Phi) is 4.87. The first-order valence-electron chi connectivity index (χ1n) is 6.64. The van der Waals surface area contributed by atoms with Crippen molar-refractivity contribution in [2.45, 2.75) is 25.0 Å². The Morgan fingerprint density at radius 2 is 2.42 bits per heavy atom. The van der Waals surface area contributed by atoms with Gasteiger partial charge in [-0.25, -0.2) is 0 Å². The lowest BCUT2D eigenvalue weighted by Crippen LogP contribution is -2.43. The molecule has 2 heterocycles. The molecule has 1 fully saturated rings. The Bertz CT molecular complexity index is 435. The molecule has 2 unspecified atom stereocenters. The Hall–Kier alpha value is -1.01. The van der Waals surface area contributed by atoms with Gasteiger partial charge in [0, 0.05) is 26.4 Å². The van der Waals surface area contributed by atoms with Gasteiger partial charge in [0.2, 0.25) is 5.91 Å². The fourth-order valence-electron chi connectivity index (χ4n) is 2.13. The molecule has 6 heteroatoms. The topological polar surface area (TPSA) is 58.4 Å². The monoisotopic (exact) mass is 283 g/mol. The maximum Gasteiger partial charge on any atom is 0.240 e. The minimum absolute atomic E-state index is 0.0166. The van der Waals surface area contributed by atoms with Gasteiger partial charge >= 0.3 is 0 Å². The van der Waals surface area contributed by atoms with Crippen LogP contribution in [0, 0.1) is 5.92 Å². The fraction of sp³-hybridized carbons (Fsp3) is 0.692. The quantitative estimate of drug-likeness (QED) is 0.884. The normalized spacial score (nSPS) is 21.7. The summed E-state index contributed by atoms with van der Waals surface area (Å²) in [7, 11) is 1.85. The predicted octanol–water partition coefficient (Wildman–Crippen LogP) is 1.28. The number of aliphatic hydroxyl groups is 1. The standard InChI is InChI=1S/C13H21N3O2S/c1-10(8-17)9-19-12-4-3-5-16(13(12)18)11-6-14-15(2)7-11/h6-7,10,12,17H,3-5,8-9H2,1-2H3. The summed E-state index contributed by atoms with van der Waals surface area (Å²) in [6.07, 6.45) is 5.56. The van der Waals surface area contributed by atoms with Gasteiger partial charge in [0.25, 0.3) is 0 Å². The number of carbonyl (C=O) groups excluding carboxylic acids is 1. The molecular formula is C13H21N3O2S. The van der Waals surface area contributed by atoms with E-state index in [1.807, 2.05) is 25.1 Å². The highest BCUT2D eigenvalue weighted by molar-refractivity contribution is 8.00. The summed E-state index contributed by atoms with van der Waals surface area (Å²) >= 11 is 1.66. The van der Waals surface area contributed by atoms with E-state index in [-0.39, 0.29) is 23.7 Å². The van der Waals surface area contributed by atoms with Crippen LogP contribution >= 0.6 is 11.8 Å². The number of anilines is 1. The molecule has 2 rings (SSSR count). The van der Waals surface area contributed by atoms with Crippen molar-refractivity contribution in [2.75, 3.05) is 23.8 Å². The Morgan fingerprint density at radius 1 is 1.63 bits per heavy atom. The highest BCUT2D eigenvalue weighted by atomic mass is 32.2. The van der Waals surface area contributed by atoms with Gasteiger partial charge in [0.05, 0.1) is 17.1 Å². The second-order valence-corrected chi connectivity index (χ2v) is 6.35. The van der Waals surface area contributed by atoms with E-state index < -0.39 is 0 Å². The largest absolute Gasteiger partial charge is 0.396 e. The lowest BCUT2D eigenvalue weighted by molar-refractivity contribution is -0.119. The number of nitrogens with zero attached hydrogens (tertiary/aromatic N) is 3. The third kappa shape index (κ3) is 3.51.